The Balaban J connectivity index is 1.98. The summed E-state index contributed by atoms with van der Waals surface area (Å²) in [5.74, 6) is -0.00131. The Kier molecular flexibility index (Phi) is 4.76. The highest BCUT2D eigenvalue weighted by Gasteiger charge is 2.25. The monoisotopic (exact) mass is 320 g/mol. The first kappa shape index (κ1) is 15.5. The van der Waals surface area contributed by atoms with Gasteiger partial charge < -0.3 is 10.1 Å². The zero-order valence-corrected chi connectivity index (χ0v) is 13.8. The molecule has 1 aliphatic rings. The van der Waals surface area contributed by atoms with Crippen LogP contribution in [-0.2, 0) is 0 Å². The van der Waals surface area contributed by atoms with Gasteiger partial charge in [0.05, 0.1) is 13.2 Å². The van der Waals surface area contributed by atoms with Gasteiger partial charge in [0.25, 0.3) is 0 Å². The standard InChI is InChI=1S/C17H21FN2OS/c1-12-9-16(22-11-12)17(20-7-5-19-6-8-20)13-3-4-15(21-2)14(18)10-13/h3-4,9-11,17,19H,5-8H2,1-2H3. The van der Waals surface area contributed by atoms with Crippen molar-refractivity contribution in [3.63, 3.8) is 0 Å². The minimum absolute atomic E-state index is 0.112. The van der Waals surface area contributed by atoms with E-state index in [9.17, 15) is 4.39 Å². The van der Waals surface area contributed by atoms with Gasteiger partial charge in [-0.15, -0.1) is 11.3 Å². The first-order chi connectivity index (χ1) is 10.7. The molecule has 0 spiro atoms. The van der Waals surface area contributed by atoms with E-state index in [4.69, 9.17) is 4.74 Å². The maximum Gasteiger partial charge on any atom is 0.165 e. The number of rotatable bonds is 4. The molecule has 1 N–H and O–H groups in total. The van der Waals surface area contributed by atoms with E-state index in [1.165, 1.54) is 17.6 Å². The Bertz CT molecular complexity index is 637. The third-order valence-electron chi connectivity index (χ3n) is 4.03. The molecular weight excluding hydrogens is 299 g/mol. The fourth-order valence-electron chi connectivity index (χ4n) is 2.94. The molecule has 1 aromatic carbocycles. The number of nitrogens with zero attached hydrogens (tertiary/aromatic N) is 1. The normalized spacial score (nSPS) is 17.4. The van der Waals surface area contributed by atoms with E-state index >= 15 is 0 Å². The average molecular weight is 320 g/mol. The number of thiophene rings is 1. The quantitative estimate of drug-likeness (QED) is 0.936. The summed E-state index contributed by atoms with van der Waals surface area (Å²) in [6, 6.07) is 7.63. The van der Waals surface area contributed by atoms with E-state index in [-0.39, 0.29) is 11.9 Å². The van der Waals surface area contributed by atoms with Crippen LogP contribution in [0.25, 0.3) is 0 Å². The van der Waals surface area contributed by atoms with Crippen LogP contribution in [0.3, 0.4) is 0 Å². The van der Waals surface area contributed by atoms with E-state index in [0.717, 1.165) is 31.7 Å². The fourth-order valence-corrected chi connectivity index (χ4v) is 4.00. The van der Waals surface area contributed by atoms with Crippen LogP contribution in [0.5, 0.6) is 5.75 Å². The number of hydrogen-bond acceptors (Lipinski definition) is 4. The number of halogens is 1. The molecule has 0 radical (unpaired) electrons. The first-order valence-corrected chi connectivity index (χ1v) is 8.40. The van der Waals surface area contributed by atoms with E-state index in [1.807, 2.05) is 6.07 Å². The molecule has 1 unspecified atom stereocenters. The zero-order chi connectivity index (χ0) is 15.5. The van der Waals surface area contributed by atoms with Crippen LogP contribution in [0.15, 0.2) is 29.6 Å². The molecule has 0 bridgehead atoms. The van der Waals surface area contributed by atoms with E-state index < -0.39 is 0 Å². The highest BCUT2D eigenvalue weighted by atomic mass is 32.1. The molecule has 0 saturated carbocycles. The molecule has 1 fully saturated rings. The molecule has 3 nitrogen and oxygen atoms in total. The van der Waals surface area contributed by atoms with Crippen molar-refractivity contribution in [2.75, 3.05) is 33.3 Å². The van der Waals surface area contributed by atoms with Crippen molar-refractivity contribution in [1.29, 1.82) is 0 Å². The van der Waals surface area contributed by atoms with Gasteiger partial charge in [-0.1, -0.05) is 6.07 Å². The number of aryl methyl sites for hydroxylation is 1. The maximum atomic E-state index is 14.1. The van der Waals surface area contributed by atoms with Crippen LogP contribution in [0.2, 0.25) is 0 Å². The van der Waals surface area contributed by atoms with Crippen LogP contribution in [0.4, 0.5) is 4.39 Å². The van der Waals surface area contributed by atoms with Gasteiger partial charge >= 0.3 is 0 Å². The summed E-state index contributed by atoms with van der Waals surface area (Å²) in [6.07, 6.45) is 0. The predicted octanol–water partition coefficient (Wildman–Crippen LogP) is 3.20. The number of ether oxygens (including phenoxy) is 1. The lowest BCUT2D eigenvalue weighted by Gasteiger charge is -2.34. The molecule has 2 heterocycles. The fraction of sp³-hybridized carbons (Fsp3) is 0.412. The van der Waals surface area contributed by atoms with Gasteiger partial charge in [0.2, 0.25) is 0 Å². The van der Waals surface area contributed by atoms with Crippen molar-refractivity contribution in [2.24, 2.45) is 0 Å². The summed E-state index contributed by atoms with van der Waals surface area (Å²) in [4.78, 5) is 3.69. The highest BCUT2D eigenvalue weighted by molar-refractivity contribution is 7.10. The first-order valence-electron chi connectivity index (χ1n) is 7.52. The zero-order valence-electron chi connectivity index (χ0n) is 12.9. The number of hydrogen-bond donors (Lipinski definition) is 1. The summed E-state index contributed by atoms with van der Waals surface area (Å²) in [5, 5.41) is 5.53. The van der Waals surface area contributed by atoms with Crippen LogP contribution >= 0.6 is 11.3 Å². The van der Waals surface area contributed by atoms with Crippen LogP contribution in [0, 0.1) is 12.7 Å². The molecule has 118 valence electrons. The lowest BCUT2D eigenvalue weighted by atomic mass is 10.0. The highest BCUT2D eigenvalue weighted by Crippen LogP contribution is 2.34. The van der Waals surface area contributed by atoms with E-state index in [0.29, 0.717) is 5.75 Å². The van der Waals surface area contributed by atoms with Gasteiger partial charge in [-0.2, -0.15) is 0 Å². The van der Waals surface area contributed by atoms with E-state index in [1.54, 1.807) is 23.5 Å². The SMILES string of the molecule is COc1ccc(C(c2cc(C)cs2)N2CCNCC2)cc1F. The topological polar surface area (TPSA) is 24.5 Å². The lowest BCUT2D eigenvalue weighted by Crippen LogP contribution is -2.45. The minimum atomic E-state index is -0.298. The molecule has 1 saturated heterocycles. The van der Waals surface area contributed by atoms with Crippen molar-refractivity contribution < 1.29 is 9.13 Å². The molecule has 22 heavy (non-hydrogen) atoms. The van der Waals surface area contributed by atoms with Crippen molar-refractivity contribution >= 4 is 11.3 Å². The molecule has 1 atom stereocenters. The second kappa shape index (κ2) is 6.77. The molecule has 3 rings (SSSR count). The summed E-state index contributed by atoms with van der Waals surface area (Å²) in [5.41, 5.74) is 2.25. The van der Waals surface area contributed by atoms with Gasteiger partial charge in [0.15, 0.2) is 11.6 Å². The van der Waals surface area contributed by atoms with Crippen LogP contribution < -0.4 is 10.1 Å². The Morgan fingerprint density at radius 1 is 1.27 bits per heavy atom. The third-order valence-corrected chi connectivity index (χ3v) is 5.13. The van der Waals surface area contributed by atoms with E-state index in [2.05, 4.69) is 28.6 Å². The van der Waals surface area contributed by atoms with Crippen molar-refractivity contribution in [3.05, 3.63) is 51.5 Å². The summed E-state index contributed by atoms with van der Waals surface area (Å²) >= 11 is 1.75. The average Bonchev–Trinajstić information content (AvgIpc) is 2.95. The lowest BCUT2D eigenvalue weighted by molar-refractivity contribution is 0.200. The third kappa shape index (κ3) is 3.16. The Morgan fingerprint density at radius 3 is 2.64 bits per heavy atom. The molecular formula is C17H21FN2OS. The summed E-state index contributed by atoms with van der Waals surface area (Å²) in [7, 11) is 1.49. The minimum Gasteiger partial charge on any atom is -0.494 e. The second-order valence-electron chi connectivity index (χ2n) is 5.61. The molecule has 1 aliphatic heterocycles. The largest absolute Gasteiger partial charge is 0.494 e. The molecule has 2 aromatic rings. The van der Waals surface area contributed by atoms with Crippen molar-refractivity contribution in [2.45, 2.75) is 13.0 Å². The predicted molar refractivity (Wildman–Crippen MR) is 88.3 cm³/mol. The number of nitrogens with one attached hydrogen (secondary N) is 1. The van der Waals surface area contributed by atoms with Gasteiger partial charge in [0, 0.05) is 31.1 Å². The van der Waals surface area contributed by atoms with Gasteiger partial charge in [0.1, 0.15) is 0 Å². The van der Waals surface area contributed by atoms with Gasteiger partial charge in [-0.25, -0.2) is 4.39 Å². The molecule has 0 aliphatic carbocycles. The Hall–Kier alpha value is -1.43. The van der Waals surface area contributed by atoms with Crippen LogP contribution in [-0.4, -0.2) is 38.2 Å². The van der Waals surface area contributed by atoms with Gasteiger partial charge in [-0.3, -0.25) is 4.90 Å². The molecule has 5 heteroatoms. The number of benzene rings is 1. The van der Waals surface area contributed by atoms with Crippen molar-refractivity contribution in [3.8, 4) is 5.75 Å². The molecule has 0 amide bonds. The Labute approximate surface area is 134 Å². The smallest absolute Gasteiger partial charge is 0.165 e. The maximum absolute atomic E-state index is 14.1. The molecule has 1 aromatic heterocycles. The van der Waals surface area contributed by atoms with Crippen LogP contribution in [0.1, 0.15) is 22.0 Å². The summed E-state index contributed by atoms with van der Waals surface area (Å²) < 4.78 is 19.2. The summed E-state index contributed by atoms with van der Waals surface area (Å²) in [6.45, 7) is 5.98. The van der Waals surface area contributed by atoms with Gasteiger partial charge in [-0.05, 0) is 41.6 Å². The number of methoxy groups -OCH3 is 1. The Morgan fingerprint density at radius 2 is 2.05 bits per heavy atom. The second-order valence-corrected chi connectivity index (χ2v) is 6.55. The number of piperazine rings is 1. The van der Waals surface area contributed by atoms with Crippen molar-refractivity contribution in [1.82, 2.24) is 10.2 Å².